The number of carbonyl (C=O) groups is 1. The highest BCUT2D eigenvalue weighted by Crippen LogP contribution is 2.28. The van der Waals surface area contributed by atoms with Gasteiger partial charge >= 0.3 is 0 Å². The first kappa shape index (κ1) is 19.1. The van der Waals surface area contributed by atoms with E-state index in [1.54, 1.807) is 0 Å². The van der Waals surface area contributed by atoms with Crippen LogP contribution in [0.2, 0.25) is 0 Å². The molecule has 11 heteroatoms. The monoisotopic (exact) mass is 406 g/mol. The van der Waals surface area contributed by atoms with Crippen molar-refractivity contribution in [3.05, 3.63) is 47.4 Å². The zero-order chi connectivity index (χ0) is 20.5. The maximum atomic E-state index is 13.8. The summed E-state index contributed by atoms with van der Waals surface area (Å²) in [5.41, 5.74) is 0.179. The lowest BCUT2D eigenvalue weighted by atomic mass is 10.2. The molecule has 0 radical (unpaired) electrons. The number of H-pyrrole nitrogens is 1. The number of amides is 1. The third-order valence-electron chi connectivity index (χ3n) is 4.82. The summed E-state index contributed by atoms with van der Waals surface area (Å²) in [7, 11) is 0. The van der Waals surface area contributed by atoms with E-state index in [1.165, 1.54) is 6.33 Å². The van der Waals surface area contributed by atoms with Crippen LogP contribution in [0.4, 0.5) is 19.0 Å². The summed E-state index contributed by atoms with van der Waals surface area (Å²) in [6.07, 6.45) is -0.679. The minimum Gasteiger partial charge on any atom is -0.391 e. The Kier molecular flexibility index (Phi) is 5.05. The average molecular weight is 406 g/mol. The largest absolute Gasteiger partial charge is 0.391 e. The van der Waals surface area contributed by atoms with Gasteiger partial charge < -0.3 is 15.7 Å². The second-order valence-electron chi connectivity index (χ2n) is 6.82. The number of aliphatic hydroxyl groups excluding tert-OH is 1. The fourth-order valence-corrected chi connectivity index (χ4v) is 3.36. The number of alkyl halides is 1. The van der Waals surface area contributed by atoms with Crippen LogP contribution < -0.4 is 10.6 Å². The summed E-state index contributed by atoms with van der Waals surface area (Å²) in [6, 6.07) is 2.38. The zero-order valence-corrected chi connectivity index (χ0v) is 15.0. The molecule has 8 nitrogen and oxygen atoms in total. The highest BCUT2D eigenvalue weighted by molar-refractivity contribution is 6.07. The van der Waals surface area contributed by atoms with Gasteiger partial charge in [0.05, 0.1) is 17.5 Å². The molecule has 1 amide bonds. The van der Waals surface area contributed by atoms with Crippen LogP contribution >= 0.6 is 0 Å². The molecule has 4 N–H and O–H groups in total. The number of aliphatic hydroxyl groups is 1. The topological polar surface area (TPSA) is 116 Å². The Bertz CT molecular complexity index is 1060. The number of rotatable bonds is 5. The fraction of sp³-hybridized carbons (Fsp3) is 0.333. The minimum absolute atomic E-state index is 0.00389. The molecule has 4 rings (SSSR count). The Morgan fingerprint density at radius 2 is 2.10 bits per heavy atom. The molecule has 152 valence electrons. The molecule has 2 heterocycles. The van der Waals surface area contributed by atoms with Crippen LogP contribution in [0, 0.1) is 11.6 Å². The number of aromatic nitrogens is 4. The van der Waals surface area contributed by atoms with Crippen molar-refractivity contribution in [3.63, 3.8) is 0 Å². The van der Waals surface area contributed by atoms with Crippen LogP contribution in [-0.4, -0.2) is 49.5 Å². The van der Waals surface area contributed by atoms with Crippen molar-refractivity contribution in [2.24, 2.45) is 0 Å². The highest BCUT2D eigenvalue weighted by Gasteiger charge is 2.34. The lowest BCUT2D eigenvalue weighted by molar-refractivity contribution is 0.0947. The van der Waals surface area contributed by atoms with Gasteiger partial charge in [-0.3, -0.25) is 9.89 Å². The third-order valence-corrected chi connectivity index (χ3v) is 4.82. The smallest absolute Gasteiger partial charge is 0.270 e. The number of benzene rings is 1. The first-order chi connectivity index (χ1) is 13.9. The van der Waals surface area contributed by atoms with E-state index in [-0.39, 0.29) is 47.5 Å². The second-order valence-corrected chi connectivity index (χ2v) is 6.82. The van der Waals surface area contributed by atoms with Gasteiger partial charge in [0.25, 0.3) is 5.91 Å². The highest BCUT2D eigenvalue weighted by atomic mass is 19.1. The Morgan fingerprint density at radius 1 is 1.28 bits per heavy atom. The molecule has 0 bridgehead atoms. The molecule has 1 aromatic carbocycles. The lowest BCUT2D eigenvalue weighted by Crippen LogP contribution is -2.29. The number of halogens is 3. The minimum atomic E-state index is -1.13. The summed E-state index contributed by atoms with van der Waals surface area (Å²) >= 11 is 0. The molecule has 0 spiro atoms. The van der Waals surface area contributed by atoms with E-state index in [9.17, 15) is 23.1 Å². The molecular formula is C18H17F3N6O2. The summed E-state index contributed by atoms with van der Waals surface area (Å²) in [5, 5.41) is 22.1. The van der Waals surface area contributed by atoms with Crippen LogP contribution in [0.15, 0.2) is 24.5 Å². The Hall–Kier alpha value is -3.21. The summed E-state index contributed by atoms with van der Waals surface area (Å²) < 4.78 is 40.6. The molecular weight excluding hydrogens is 389 g/mol. The van der Waals surface area contributed by atoms with Crippen molar-refractivity contribution in [2.45, 2.75) is 37.7 Å². The van der Waals surface area contributed by atoms with E-state index in [1.807, 2.05) is 0 Å². The lowest BCUT2D eigenvalue weighted by Gasteiger charge is -2.17. The molecule has 1 aliphatic rings. The van der Waals surface area contributed by atoms with Gasteiger partial charge in [0.15, 0.2) is 5.65 Å². The van der Waals surface area contributed by atoms with Crippen molar-refractivity contribution >= 4 is 22.8 Å². The fourth-order valence-electron chi connectivity index (χ4n) is 3.36. The van der Waals surface area contributed by atoms with Crippen molar-refractivity contribution < 1.29 is 23.1 Å². The Labute approximate surface area is 162 Å². The molecule has 3 atom stereocenters. The second kappa shape index (κ2) is 7.66. The quantitative estimate of drug-likeness (QED) is 0.514. The van der Waals surface area contributed by atoms with Gasteiger partial charge in [-0.05, 0) is 18.2 Å². The molecule has 29 heavy (non-hydrogen) atoms. The van der Waals surface area contributed by atoms with E-state index < -0.39 is 35.9 Å². The van der Waals surface area contributed by atoms with Gasteiger partial charge in [-0.15, -0.1) is 0 Å². The van der Waals surface area contributed by atoms with Gasteiger partial charge in [0.2, 0.25) is 0 Å². The van der Waals surface area contributed by atoms with Gasteiger partial charge in [-0.25, -0.2) is 23.1 Å². The predicted molar refractivity (Wildman–Crippen MR) is 96.8 cm³/mol. The summed E-state index contributed by atoms with van der Waals surface area (Å²) in [5.74, 6) is -1.69. The molecule has 0 saturated heterocycles. The molecule has 1 saturated carbocycles. The van der Waals surface area contributed by atoms with E-state index in [0.717, 1.165) is 18.2 Å². The molecule has 2 aromatic heterocycles. The maximum Gasteiger partial charge on any atom is 0.270 e. The molecule has 1 aliphatic carbocycles. The van der Waals surface area contributed by atoms with Crippen LogP contribution in [0.5, 0.6) is 0 Å². The van der Waals surface area contributed by atoms with Crippen molar-refractivity contribution in [1.29, 1.82) is 0 Å². The summed E-state index contributed by atoms with van der Waals surface area (Å²) in [4.78, 5) is 20.7. The van der Waals surface area contributed by atoms with E-state index in [4.69, 9.17) is 0 Å². The third kappa shape index (κ3) is 3.86. The number of hydrogen-bond donors (Lipinski definition) is 4. The van der Waals surface area contributed by atoms with Crippen LogP contribution in [0.1, 0.15) is 28.9 Å². The van der Waals surface area contributed by atoms with Gasteiger partial charge in [-0.1, -0.05) is 0 Å². The van der Waals surface area contributed by atoms with E-state index in [2.05, 4.69) is 30.8 Å². The predicted octanol–water partition coefficient (Wildman–Crippen LogP) is 1.83. The molecule has 0 unspecified atom stereocenters. The van der Waals surface area contributed by atoms with Crippen LogP contribution in [0.3, 0.4) is 0 Å². The van der Waals surface area contributed by atoms with Crippen molar-refractivity contribution in [1.82, 2.24) is 25.5 Å². The number of anilines is 1. The van der Waals surface area contributed by atoms with Crippen molar-refractivity contribution in [2.75, 3.05) is 5.32 Å². The Morgan fingerprint density at radius 3 is 2.86 bits per heavy atom. The number of hydrogen-bond acceptors (Lipinski definition) is 6. The summed E-state index contributed by atoms with van der Waals surface area (Å²) in [6.45, 7) is -0.246. The van der Waals surface area contributed by atoms with Crippen LogP contribution in [0.25, 0.3) is 11.0 Å². The number of fused-ring (bicyclic) bond motifs is 1. The standard InChI is InChI=1S/C18H17F3N6O2/c19-9-1-2-11(21)8(3-9)6-22-18(29)15-14-16(23-7-24-17(14)27-26-15)25-12-4-10(20)5-13(12)28/h1-3,7,10,12-13,28H,4-6H2,(H,22,29)(H2,23,24,25,26,27)/t10-,12+,13+/m0/s1. The first-order valence-corrected chi connectivity index (χ1v) is 8.92. The SMILES string of the molecule is O=C(NCc1cc(F)ccc1F)c1[nH]nc2ncnc(N[C@@H]3C[C@H](F)C[C@H]3O)c12. The maximum absolute atomic E-state index is 13.8. The molecule has 3 aromatic rings. The average Bonchev–Trinajstić information content (AvgIpc) is 3.26. The first-order valence-electron chi connectivity index (χ1n) is 8.92. The van der Waals surface area contributed by atoms with Gasteiger partial charge in [0, 0.05) is 24.9 Å². The number of carbonyl (C=O) groups excluding carboxylic acids is 1. The van der Waals surface area contributed by atoms with Crippen molar-refractivity contribution in [3.8, 4) is 0 Å². The number of aromatic amines is 1. The van der Waals surface area contributed by atoms with Gasteiger partial charge in [0.1, 0.15) is 35.6 Å². The van der Waals surface area contributed by atoms with Gasteiger partial charge in [-0.2, -0.15) is 5.10 Å². The van der Waals surface area contributed by atoms with E-state index in [0.29, 0.717) is 0 Å². The number of nitrogens with zero attached hydrogens (tertiary/aromatic N) is 3. The Balaban J connectivity index is 1.57. The molecule has 0 aliphatic heterocycles. The van der Waals surface area contributed by atoms with E-state index >= 15 is 0 Å². The molecule has 1 fully saturated rings. The zero-order valence-electron chi connectivity index (χ0n) is 15.0. The normalized spacial score (nSPS) is 21.4. The van der Waals surface area contributed by atoms with Crippen LogP contribution in [-0.2, 0) is 6.54 Å². The number of nitrogens with one attached hydrogen (secondary N) is 3.